The molecular weight excluding hydrogens is 569 g/mol. The molecule has 0 aliphatic rings. The average molecular weight is 592 g/mol. The van der Waals surface area contributed by atoms with E-state index >= 15 is 0 Å². The number of pyridine rings is 1. The molecular formula is C25H23ClFN5O7S. The lowest BCUT2D eigenvalue weighted by Gasteiger charge is -2.24. The number of amides is 2. The molecule has 4 aromatic rings. The minimum absolute atomic E-state index is 0.00748. The highest BCUT2D eigenvalue weighted by molar-refractivity contribution is 7.92. The van der Waals surface area contributed by atoms with Crippen LogP contribution in [0.5, 0.6) is 17.2 Å². The molecule has 2 aromatic carbocycles. The van der Waals surface area contributed by atoms with Gasteiger partial charge >= 0.3 is 6.03 Å². The molecule has 0 fully saturated rings. The Morgan fingerprint density at radius 1 is 1.02 bits per heavy atom. The van der Waals surface area contributed by atoms with E-state index < -0.39 is 21.9 Å². The number of ether oxygens (including phenoxy) is 3. The zero-order valence-corrected chi connectivity index (χ0v) is 23.1. The molecule has 0 bridgehead atoms. The number of carbonyl (C=O) groups excluding carboxylic acids is 1. The first-order valence-electron chi connectivity index (χ1n) is 11.3. The first kappa shape index (κ1) is 28.4. The topological polar surface area (TPSA) is 145 Å². The highest BCUT2D eigenvalue weighted by atomic mass is 35.5. The maximum absolute atomic E-state index is 14.5. The Balaban J connectivity index is 1.77. The smallest absolute Gasteiger partial charge is 0.327 e. The quantitative estimate of drug-likeness (QED) is 0.279. The number of aromatic nitrogens is 2. The molecule has 0 aliphatic carbocycles. The number of benzene rings is 2. The molecule has 2 aromatic heterocycles. The summed E-state index contributed by atoms with van der Waals surface area (Å²) in [7, 11) is 1.41. The monoisotopic (exact) mass is 591 g/mol. The average Bonchev–Trinajstić information content (AvgIpc) is 3.46. The van der Waals surface area contributed by atoms with Crippen LogP contribution >= 0.6 is 11.6 Å². The number of hydrogen-bond acceptors (Lipinski definition) is 9. The van der Waals surface area contributed by atoms with Gasteiger partial charge in [0.15, 0.2) is 17.3 Å². The molecule has 2 N–H and O–H groups in total. The number of hydrogen-bond donors (Lipinski definition) is 2. The van der Waals surface area contributed by atoms with Crippen molar-refractivity contribution in [2.75, 3.05) is 38.0 Å². The molecule has 0 saturated heterocycles. The summed E-state index contributed by atoms with van der Waals surface area (Å²) in [6, 6.07) is 9.24. The largest absolute Gasteiger partial charge is 0.495 e. The summed E-state index contributed by atoms with van der Waals surface area (Å²) in [5, 5.41) is 6.21. The van der Waals surface area contributed by atoms with Crippen LogP contribution in [-0.4, -0.2) is 53.0 Å². The lowest BCUT2D eigenvalue weighted by atomic mass is 10.0. The summed E-state index contributed by atoms with van der Waals surface area (Å²) >= 11 is 6.64. The van der Waals surface area contributed by atoms with Crippen LogP contribution < -0.4 is 29.1 Å². The van der Waals surface area contributed by atoms with Gasteiger partial charge in [-0.15, -0.1) is 0 Å². The summed E-state index contributed by atoms with van der Waals surface area (Å²) in [4.78, 5) is 18.2. The van der Waals surface area contributed by atoms with Crippen molar-refractivity contribution in [3.05, 3.63) is 65.8 Å². The van der Waals surface area contributed by atoms with Gasteiger partial charge in [0.05, 0.1) is 32.0 Å². The molecule has 0 spiro atoms. The van der Waals surface area contributed by atoms with Gasteiger partial charge < -0.3 is 24.1 Å². The lowest BCUT2D eigenvalue weighted by molar-refractivity contribution is 0.250. The molecule has 15 heteroatoms. The van der Waals surface area contributed by atoms with E-state index in [4.69, 9.17) is 25.8 Å². The third-order valence-electron chi connectivity index (χ3n) is 5.62. The van der Waals surface area contributed by atoms with Crippen molar-refractivity contribution in [1.82, 2.24) is 15.5 Å². The lowest BCUT2D eigenvalue weighted by Crippen LogP contribution is -2.35. The van der Waals surface area contributed by atoms with Crippen LogP contribution in [0.1, 0.15) is 0 Å². The Hall–Kier alpha value is -4.56. The first-order chi connectivity index (χ1) is 19.1. The molecule has 0 aliphatic heterocycles. The minimum Gasteiger partial charge on any atom is -0.495 e. The van der Waals surface area contributed by atoms with Crippen LogP contribution in [-0.2, 0) is 10.0 Å². The van der Waals surface area contributed by atoms with Crippen LogP contribution in [0.2, 0.25) is 5.02 Å². The van der Waals surface area contributed by atoms with E-state index in [1.54, 1.807) is 6.07 Å². The number of nitrogens with one attached hydrogen (secondary N) is 2. The van der Waals surface area contributed by atoms with Crippen molar-refractivity contribution in [2.45, 2.75) is 4.90 Å². The summed E-state index contributed by atoms with van der Waals surface area (Å²) in [5.74, 6) is -0.530. The zero-order valence-electron chi connectivity index (χ0n) is 21.6. The molecule has 2 heterocycles. The van der Waals surface area contributed by atoms with Gasteiger partial charge in [-0.05, 0) is 42.0 Å². The van der Waals surface area contributed by atoms with Gasteiger partial charge in [0.1, 0.15) is 22.7 Å². The van der Waals surface area contributed by atoms with Crippen LogP contribution in [0.15, 0.2) is 64.3 Å². The summed E-state index contributed by atoms with van der Waals surface area (Å²) in [6.45, 7) is 0. The second-order valence-corrected chi connectivity index (χ2v) is 10.0. The Morgan fingerprint density at radius 2 is 1.70 bits per heavy atom. The highest BCUT2D eigenvalue weighted by Gasteiger charge is 2.26. The molecule has 2 amide bonds. The minimum atomic E-state index is -4.03. The van der Waals surface area contributed by atoms with Crippen LogP contribution in [0.4, 0.5) is 26.5 Å². The zero-order chi connectivity index (χ0) is 29.0. The molecule has 0 radical (unpaired) electrons. The van der Waals surface area contributed by atoms with Gasteiger partial charge in [-0.1, -0.05) is 16.8 Å². The van der Waals surface area contributed by atoms with Crippen molar-refractivity contribution in [3.63, 3.8) is 0 Å². The van der Waals surface area contributed by atoms with Crippen molar-refractivity contribution in [1.29, 1.82) is 0 Å². The summed E-state index contributed by atoms with van der Waals surface area (Å²) < 4.78 is 62.5. The fraction of sp³-hybridized carbons (Fsp3) is 0.160. The van der Waals surface area contributed by atoms with E-state index in [0.29, 0.717) is 11.1 Å². The fourth-order valence-corrected chi connectivity index (χ4v) is 4.91. The number of methoxy groups -OCH3 is 3. The molecule has 0 saturated carbocycles. The van der Waals surface area contributed by atoms with E-state index in [1.807, 2.05) is 0 Å². The molecule has 4 rings (SSSR count). The van der Waals surface area contributed by atoms with Gasteiger partial charge in [-0.25, -0.2) is 23.1 Å². The Bertz CT molecular complexity index is 1610. The van der Waals surface area contributed by atoms with E-state index in [0.717, 1.165) is 11.1 Å². The SMILES string of the molecule is CNC(=O)N(c1ccc(S(=O)(=O)Nc2ccon2)cn1)c1cc(Cl)c(-c2cc(OC)c(F)c(OC)c2)cc1OC. The summed E-state index contributed by atoms with van der Waals surface area (Å²) in [6.07, 6.45) is 2.29. The maximum atomic E-state index is 14.5. The van der Waals surface area contributed by atoms with Gasteiger partial charge in [-0.3, -0.25) is 4.72 Å². The van der Waals surface area contributed by atoms with Crippen molar-refractivity contribution in [3.8, 4) is 28.4 Å². The van der Waals surface area contributed by atoms with E-state index in [2.05, 4.69) is 24.7 Å². The van der Waals surface area contributed by atoms with Crippen LogP contribution in [0.25, 0.3) is 11.1 Å². The Kier molecular flexibility index (Phi) is 8.30. The highest BCUT2D eigenvalue weighted by Crippen LogP contribution is 2.43. The maximum Gasteiger partial charge on any atom is 0.327 e. The first-order valence-corrected chi connectivity index (χ1v) is 13.2. The molecule has 210 valence electrons. The normalized spacial score (nSPS) is 11.1. The molecule has 12 nitrogen and oxygen atoms in total. The third-order valence-corrected chi connectivity index (χ3v) is 7.27. The van der Waals surface area contributed by atoms with Crippen molar-refractivity contribution in [2.24, 2.45) is 0 Å². The molecule has 0 atom stereocenters. The van der Waals surface area contributed by atoms with Crippen molar-refractivity contribution >= 4 is 45.0 Å². The third kappa shape index (κ3) is 5.58. The van der Waals surface area contributed by atoms with Crippen LogP contribution in [0, 0.1) is 5.82 Å². The second kappa shape index (κ2) is 11.7. The predicted molar refractivity (Wildman–Crippen MR) is 145 cm³/mol. The van der Waals surface area contributed by atoms with Gasteiger partial charge in [0.2, 0.25) is 5.82 Å². The van der Waals surface area contributed by atoms with Crippen molar-refractivity contribution < 1.29 is 36.3 Å². The van der Waals surface area contributed by atoms with E-state index in [9.17, 15) is 17.6 Å². The number of rotatable bonds is 9. The number of sulfonamides is 1. The van der Waals surface area contributed by atoms with Crippen LogP contribution in [0.3, 0.4) is 0 Å². The second-order valence-electron chi connectivity index (χ2n) is 7.93. The predicted octanol–water partition coefficient (Wildman–Crippen LogP) is 4.83. The van der Waals surface area contributed by atoms with E-state index in [-0.39, 0.29) is 44.5 Å². The van der Waals surface area contributed by atoms with Gasteiger partial charge in [-0.2, -0.15) is 4.39 Å². The number of anilines is 3. The number of urea groups is 1. The fourth-order valence-electron chi connectivity index (χ4n) is 3.70. The number of halogens is 2. The number of nitrogens with zero attached hydrogens (tertiary/aromatic N) is 3. The standard InChI is InChI=1S/C25H23ClFN5O7S/c1-28-25(33)32(23-6-5-15(13-29-23)40(34,35)31-22-7-8-39-30-22)18-12-17(26)16(11-19(18)36-2)14-9-20(37-3)24(27)21(10-14)38-4/h5-13H,1-4H3,(H,28,33)(H,30,31). The van der Waals surface area contributed by atoms with Gasteiger partial charge in [0.25, 0.3) is 10.0 Å². The van der Waals surface area contributed by atoms with E-state index in [1.165, 1.54) is 71.0 Å². The molecule has 40 heavy (non-hydrogen) atoms. The number of carbonyl (C=O) groups is 1. The molecule has 0 unspecified atom stereocenters. The Morgan fingerprint density at radius 3 is 2.23 bits per heavy atom. The van der Waals surface area contributed by atoms with Gasteiger partial charge in [0, 0.05) is 24.9 Å². The Labute approximate surface area is 233 Å². The summed E-state index contributed by atoms with van der Waals surface area (Å²) in [5.41, 5.74) is 1.09.